The number of nitrogens with one attached hydrogen (secondary N) is 1. The minimum absolute atomic E-state index is 0.0413. The lowest BCUT2D eigenvalue weighted by molar-refractivity contribution is -0.137. The number of alkyl halides is 3. The van der Waals surface area contributed by atoms with Crippen molar-refractivity contribution in [3.05, 3.63) is 53.2 Å². The summed E-state index contributed by atoms with van der Waals surface area (Å²) in [6.45, 7) is -0.259. The van der Waals surface area contributed by atoms with E-state index in [1.54, 1.807) is 17.5 Å². The van der Waals surface area contributed by atoms with Crippen LogP contribution >= 0.6 is 11.3 Å². The molecule has 166 valence electrons. The number of thiophene rings is 1. The van der Waals surface area contributed by atoms with Crippen LogP contribution in [0.15, 0.2) is 41.8 Å². The molecular formula is C19H14F3N5O4S. The van der Waals surface area contributed by atoms with E-state index in [0.717, 1.165) is 21.7 Å². The molecule has 1 aliphatic heterocycles. The summed E-state index contributed by atoms with van der Waals surface area (Å²) >= 11 is 1.25. The molecule has 0 unspecified atom stereocenters. The van der Waals surface area contributed by atoms with Crippen molar-refractivity contribution in [1.29, 1.82) is 0 Å². The van der Waals surface area contributed by atoms with E-state index >= 15 is 0 Å². The fraction of sp³-hybridized carbons (Fsp3) is 0.211. The molecule has 0 bridgehead atoms. The van der Waals surface area contributed by atoms with Crippen LogP contribution in [0.5, 0.6) is 0 Å². The monoisotopic (exact) mass is 465 g/mol. The quantitative estimate of drug-likeness (QED) is 0.581. The first-order valence-electron chi connectivity index (χ1n) is 9.18. The minimum atomic E-state index is -4.57. The van der Waals surface area contributed by atoms with Crippen molar-refractivity contribution >= 4 is 29.2 Å². The number of benzene rings is 1. The summed E-state index contributed by atoms with van der Waals surface area (Å²) in [7, 11) is 0. The number of amides is 3. The van der Waals surface area contributed by atoms with E-state index in [0.29, 0.717) is 11.4 Å². The van der Waals surface area contributed by atoms with Crippen molar-refractivity contribution in [3.63, 3.8) is 0 Å². The number of imide groups is 1. The number of hydrogen-bond donors (Lipinski definition) is 1. The van der Waals surface area contributed by atoms with Crippen molar-refractivity contribution in [3.8, 4) is 16.4 Å². The van der Waals surface area contributed by atoms with E-state index in [9.17, 15) is 27.6 Å². The maximum atomic E-state index is 13.1. The van der Waals surface area contributed by atoms with Gasteiger partial charge in [-0.05, 0) is 29.6 Å². The van der Waals surface area contributed by atoms with Crippen LogP contribution in [0, 0.1) is 0 Å². The number of aromatic nitrogens is 3. The Hall–Kier alpha value is -3.74. The first-order chi connectivity index (χ1) is 15.2. The topological polar surface area (TPSA) is 106 Å². The Morgan fingerprint density at radius 3 is 2.69 bits per heavy atom. The van der Waals surface area contributed by atoms with Crippen molar-refractivity contribution in [2.24, 2.45) is 0 Å². The van der Waals surface area contributed by atoms with Crippen LogP contribution in [-0.4, -0.2) is 57.3 Å². The number of carbonyl (C=O) groups excluding carboxylic acids is 3. The van der Waals surface area contributed by atoms with Crippen LogP contribution in [0.1, 0.15) is 16.2 Å². The molecule has 1 aromatic carbocycles. The van der Waals surface area contributed by atoms with Gasteiger partial charge in [0.25, 0.3) is 11.7 Å². The number of urea groups is 1. The van der Waals surface area contributed by atoms with Crippen molar-refractivity contribution in [1.82, 2.24) is 25.0 Å². The van der Waals surface area contributed by atoms with Crippen LogP contribution in [-0.2, 0) is 15.7 Å². The van der Waals surface area contributed by atoms with Crippen LogP contribution < -0.4 is 5.32 Å². The Bertz CT molecular complexity index is 1180. The van der Waals surface area contributed by atoms with Crippen LogP contribution in [0.2, 0.25) is 0 Å². The van der Waals surface area contributed by atoms with Crippen LogP contribution in [0.4, 0.5) is 18.0 Å². The second kappa shape index (κ2) is 8.42. The van der Waals surface area contributed by atoms with Gasteiger partial charge in [0.2, 0.25) is 0 Å². The predicted octanol–water partition coefficient (Wildman–Crippen LogP) is 2.72. The zero-order valence-corrected chi connectivity index (χ0v) is 16.9. The number of hydrogen-bond acceptors (Lipinski definition) is 7. The molecule has 3 amide bonds. The van der Waals surface area contributed by atoms with E-state index in [1.807, 2.05) is 0 Å². The molecule has 0 saturated carbocycles. The average Bonchev–Trinajstić information content (AvgIpc) is 3.51. The SMILES string of the molecule is O=C(OCC(=O)N1CCNC1=O)c1nc(-c2cccs2)n(-c2cccc(C(F)(F)F)c2)n1. The number of carbonyl (C=O) groups is 3. The largest absolute Gasteiger partial charge is 0.450 e. The fourth-order valence-electron chi connectivity index (χ4n) is 2.94. The lowest BCUT2D eigenvalue weighted by Crippen LogP contribution is -2.37. The maximum Gasteiger partial charge on any atom is 0.416 e. The molecule has 9 nitrogen and oxygen atoms in total. The molecule has 3 heterocycles. The summed E-state index contributed by atoms with van der Waals surface area (Å²) in [5.41, 5.74) is -0.846. The Labute approximate surface area is 182 Å². The van der Waals surface area contributed by atoms with E-state index in [1.165, 1.54) is 23.5 Å². The molecule has 0 radical (unpaired) electrons. The number of ether oxygens (including phenoxy) is 1. The summed E-state index contributed by atoms with van der Waals surface area (Å²) in [4.78, 5) is 41.6. The zero-order valence-electron chi connectivity index (χ0n) is 16.1. The van der Waals surface area contributed by atoms with Crippen molar-refractivity contribution < 1.29 is 32.3 Å². The molecule has 1 aliphatic rings. The highest BCUT2D eigenvalue weighted by Gasteiger charge is 2.31. The molecular weight excluding hydrogens is 451 g/mol. The van der Waals surface area contributed by atoms with Gasteiger partial charge < -0.3 is 10.1 Å². The summed E-state index contributed by atoms with van der Waals surface area (Å²) in [5.74, 6) is -2.08. The Kier molecular flexibility index (Phi) is 5.65. The van der Waals surface area contributed by atoms with E-state index < -0.39 is 42.1 Å². The third-order valence-electron chi connectivity index (χ3n) is 4.43. The van der Waals surface area contributed by atoms with Crippen molar-refractivity contribution in [2.75, 3.05) is 19.7 Å². The Balaban J connectivity index is 1.61. The Morgan fingerprint density at radius 2 is 2.03 bits per heavy atom. The number of nitrogens with zero attached hydrogens (tertiary/aromatic N) is 4. The molecule has 0 aliphatic carbocycles. The molecule has 1 fully saturated rings. The molecule has 13 heteroatoms. The predicted molar refractivity (Wildman–Crippen MR) is 105 cm³/mol. The summed E-state index contributed by atoms with van der Waals surface area (Å²) < 4.78 is 45.5. The van der Waals surface area contributed by atoms with Gasteiger partial charge in [-0.3, -0.25) is 9.69 Å². The Morgan fingerprint density at radius 1 is 1.22 bits per heavy atom. The highest BCUT2D eigenvalue weighted by Crippen LogP contribution is 2.32. The highest BCUT2D eigenvalue weighted by atomic mass is 32.1. The lowest BCUT2D eigenvalue weighted by Gasteiger charge is -2.11. The third kappa shape index (κ3) is 4.32. The molecule has 32 heavy (non-hydrogen) atoms. The van der Waals surface area contributed by atoms with Crippen LogP contribution in [0.25, 0.3) is 16.4 Å². The number of halogens is 3. The summed E-state index contributed by atoms with van der Waals surface area (Å²) in [6, 6.07) is 7.21. The van der Waals surface area contributed by atoms with Gasteiger partial charge in [0.05, 0.1) is 16.1 Å². The van der Waals surface area contributed by atoms with E-state index in [4.69, 9.17) is 4.74 Å². The smallest absolute Gasteiger partial charge is 0.416 e. The average molecular weight is 465 g/mol. The number of esters is 1. The van der Waals surface area contributed by atoms with Gasteiger partial charge >= 0.3 is 18.2 Å². The fourth-order valence-corrected chi connectivity index (χ4v) is 3.64. The molecule has 3 aromatic rings. The highest BCUT2D eigenvalue weighted by molar-refractivity contribution is 7.13. The molecule has 1 N–H and O–H groups in total. The van der Waals surface area contributed by atoms with Gasteiger partial charge in [0.15, 0.2) is 12.4 Å². The normalized spacial score (nSPS) is 13.8. The van der Waals surface area contributed by atoms with Gasteiger partial charge in [0, 0.05) is 13.1 Å². The van der Waals surface area contributed by atoms with E-state index in [2.05, 4.69) is 15.4 Å². The number of rotatable bonds is 5. The third-order valence-corrected chi connectivity index (χ3v) is 5.30. The standard InChI is InChI=1S/C19H14F3N5O4S/c20-19(21,22)11-3-1-4-12(9-11)27-16(13-5-2-8-32-13)24-15(25-27)17(29)31-10-14(28)26-7-6-23-18(26)30/h1-5,8-9H,6-7,10H2,(H,23,30). The minimum Gasteiger partial charge on any atom is -0.450 e. The second-order valence-corrected chi connectivity index (χ2v) is 7.50. The second-order valence-electron chi connectivity index (χ2n) is 6.55. The van der Waals surface area contributed by atoms with Gasteiger partial charge in [-0.25, -0.2) is 14.3 Å². The van der Waals surface area contributed by atoms with Gasteiger partial charge in [-0.2, -0.15) is 18.2 Å². The molecule has 1 saturated heterocycles. The summed E-state index contributed by atoms with van der Waals surface area (Å²) in [5, 5.41) is 8.20. The first-order valence-corrected chi connectivity index (χ1v) is 10.1. The lowest BCUT2D eigenvalue weighted by atomic mass is 10.2. The summed E-state index contributed by atoms with van der Waals surface area (Å²) in [6.07, 6.45) is -4.57. The first kappa shape index (κ1) is 21.5. The van der Waals surface area contributed by atoms with Gasteiger partial charge in [0.1, 0.15) is 0 Å². The van der Waals surface area contributed by atoms with E-state index in [-0.39, 0.29) is 18.1 Å². The van der Waals surface area contributed by atoms with Gasteiger partial charge in [-0.1, -0.05) is 12.1 Å². The molecule has 4 rings (SSSR count). The van der Waals surface area contributed by atoms with Crippen molar-refractivity contribution in [2.45, 2.75) is 6.18 Å². The molecule has 0 spiro atoms. The van der Waals surface area contributed by atoms with Gasteiger partial charge in [-0.15, -0.1) is 16.4 Å². The molecule has 0 atom stereocenters. The molecule has 2 aromatic heterocycles. The van der Waals surface area contributed by atoms with Crippen LogP contribution in [0.3, 0.4) is 0 Å². The maximum absolute atomic E-state index is 13.1. The zero-order chi connectivity index (χ0) is 22.9.